The van der Waals surface area contributed by atoms with Gasteiger partial charge in [0.15, 0.2) is 0 Å². The average Bonchev–Trinajstić information content (AvgIpc) is 2.62. The van der Waals surface area contributed by atoms with Crippen LogP contribution in [-0.4, -0.2) is 34.1 Å². The van der Waals surface area contributed by atoms with Crippen LogP contribution in [0, 0.1) is 6.92 Å². The average molecular weight is 345 g/mol. The van der Waals surface area contributed by atoms with Crippen LogP contribution in [0.25, 0.3) is 0 Å². The van der Waals surface area contributed by atoms with Crippen molar-refractivity contribution < 1.29 is 24.9 Å². The first-order valence-electron chi connectivity index (χ1n) is 8.07. The zero-order valence-electron chi connectivity index (χ0n) is 14.1. The Morgan fingerprint density at radius 1 is 1.16 bits per heavy atom. The number of aliphatic hydroxyl groups excluding tert-OH is 2. The van der Waals surface area contributed by atoms with Crippen LogP contribution < -0.4 is 5.32 Å². The number of amides is 1. The normalized spacial score (nSPS) is 13.1. The number of phenolic OH excluding ortho intramolecular Hbond substituents is 1. The van der Waals surface area contributed by atoms with Gasteiger partial charge in [-0.3, -0.25) is 0 Å². The van der Waals surface area contributed by atoms with Crippen LogP contribution in [-0.2, 0) is 11.3 Å². The lowest BCUT2D eigenvalue weighted by atomic mass is 10.00. The molecule has 2 unspecified atom stereocenters. The van der Waals surface area contributed by atoms with Gasteiger partial charge in [-0.05, 0) is 42.2 Å². The van der Waals surface area contributed by atoms with E-state index in [4.69, 9.17) is 4.74 Å². The van der Waals surface area contributed by atoms with Crippen molar-refractivity contribution in [3.63, 3.8) is 0 Å². The summed E-state index contributed by atoms with van der Waals surface area (Å²) in [6.45, 7) is 2.05. The Morgan fingerprint density at radius 3 is 2.56 bits per heavy atom. The Balaban J connectivity index is 1.72. The lowest BCUT2D eigenvalue weighted by Gasteiger charge is -2.19. The molecular weight excluding hydrogens is 322 g/mol. The maximum atomic E-state index is 11.6. The van der Waals surface area contributed by atoms with Gasteiger partial charge in [-0.25, -0.2) is 4.79 Å². The molecule has 0 saturated carbocycles. The summed E-state index contributed by atoms with van der Waals surface area (Å²) in [4.78, 5) is 11.6. The Morgan fingerprint density at radius 2 is 1.88 bits per heavy atom. The molecule has 134 valence electrons. The molecule has 1 amide bonds. The minimum Gasteiger partial charge on any atom is -0.508 e. The number of alkyl carbamates (subject to hydrolysis) is 1. The Bertz CT molecular complexity index is 689. The number of aliphatic hydroxyl groups is 2. The first-order valence-corrected chi connectivity index (χ1v) is 8.07. The molecule has 25 heavy (non-hydrogen) atoms. The van der Waals surface area contributed by atoms with Crippen LogP contribution in [0.5, 0.6) is 5.75 Å². The van der Waals surface area contributed by atoms with E-state index in [0.717, 1.165) is 5.56 Å². The molecule has 6 nitrogen and oxygen atoms in total. The highest BCUT2D eigenvalue weighted by atomic mass is 16.5. The van der Waals surface area contributed by atoms with Crippen LogP contribution in [0.15, 0.2) is 48.5 Å². The number of rotatable bonds is 7. The molecule has 2 atom stereocenters. The molecule has 0 aliphatic carbocycles. The van der Waals surface area contributed by atoms with Crippen molar-refractivity contribution in [2.75, 3.05) is 6.54 Å². The minimum absolute atomic E-state index is 0.133. The van der Waals surface area contributed by atoms with Gasteiger partial charge in [-0.15, -0.1) is 0 Å². The maximum absolute atomic E-state index is 11.6. The summed E-state index contributed by atoms with van der Waals surface area (Å²) >= 11 is 0. The summed E-state index contributed by atoms with van der Waals surface area (Å²) in [7, 11) is 0. The van der Waals surface area contributed by atoms with Gasteiger partial charge in [0.25, 0.3) is 0 Å². The molecule has 0 aliphatic rings. The molecule has 0 spiro atoms. The molecule has 0 aliphatic heterocycles. The van der Waals surface area contributed by atoms with Crippen LogP contribution in [0.3, 0.4) is 0 Å². The van der Waals surface area contributed by atoms with E-state index in [1.54, 1.807) is 19.1 Å². The number of nitrogens with one attached hydrogen (secondary N) is 1. The number of aryl methyl sites for hydroxylation is 1. The van der Waals surface area contributed by atoms with Gasteiger partial charge in [-0.2, -0.15) is 0 Å². The predicted octanol–water partition coefficient (Wildman–Crippen LogP) is 2.41. The minimum atomic E-state index is -1.10. The summed E-state index contributed by atoms with van der Waals surface area (Å²) in [5, 5.41) is 32.2. The molecule has 0 aromatic heterocycles. The first-order chi connectivity index (χ1) is 12.0. The van der Waals surface area contributed by atoms with Crippen molar-refractivity contribution in [3.05, 3.63) is 65.2 Å². The molecular formula is C19H23NO5. The van der Waals surface area contributed by atoms with E-state index in [1.807, 2.05) is 30.3 Å². The van der Waals surface area contributed by atoms with Gasteiger partial charge in [0.05, 0.1) is 6.10 Å². The van der Waals surface area contributed by atoms with E-state index in [0.29, 0.717) is 11.1 Å². The Kier molecular flexibility index (Phi) is 6.80. The van der Waals surface area contributed by atoms with E-state index in [-0.39, 0.29) is 25.3 Å². The van der Waals surface area contributed by atoms with E-state index < -0.39 is 18.3 Å². The molecule has 0 fully saturated rings. The van der Waals surface area contributed by atoms with Crippen LogP contribution >= 0.6 is 0 Å². The second-order valence-corrected chi connectivity index (χ2v) is 5.84. The summed E-state index contributed by atoms with van der Waals surface area (Å²) < 4.78 is 5.06. The molecule has 0 saturated heterocycles. The molecule has 0 bridgehead atoms. The lowest BCUT2D eigenvalue weighted by molar-refractivity contribution is 0.0136. The second kappa shape index (κ2) is 9.05. The third kappa shape index (κ3) is 5.77. The van der Waals surface area contributed by atoms with E-state index in [9.17, 15) is 20.1 Å². The maximum Gasteiger partial charge on any atom is 0.407 e. The van der Waals surface area contributed by atoms with Crippen LogP contribution in [0.2, 0.25) is 0 Å². The van der Waals surface area contributed by atoms with E-state index in [2.05, 4.69) is 5.32 Å². The van der Waals surface area contributed by atoms with Gasteiger partial charge in [-0.1, -0.05) is 36.4 Å². The molecule has 4 N–H and O–H groups in total. The standard InChI is InChI=1S/C19H23NO5/c1-13-11-15(7-8-16(13)21)18(23)17(22)9-10-20-19(24)25-12-14-5-3-2-4-6-14/h2-8,11,17-18,21-23H,9-10,12H2,1H3,(H,20,24). The number of hydrogen-bond acceptors (Lipinski definition) is 5. The fourth-order valence-electron chi connectivity index (χ4n) is 2.34. The highest BCUT2D eigenvalue weighted by Crippen LogP contribution is 2.24. The van der Waals surface area contributed by atoms with Gasteiger partial charge < -0.3 is 25.4 Å². The number of hydrogen-bond donors (Lipinski definition) is 4. The fourth-order valence-corrected chi connectivity index (χ4v) is 2.34. The van der Waals surface area contributed by atoms with Gasteiger partial charge in [0.2, 0.25) is 0 Å². The van der Waals surface area contributed by atoms with Crippen molar-refractivity contribution in [1.29, 1.82) is 0 Å². The zero-order valence-corrected chi connectivity index (χ0v) is 14.1. The largest absolute Gasteiger partial charge is 0.508 e. The fraction of sp³-hybridized carbons (Fsp3) is 0.316. The van der Waals surface area contributed by atoms with E-state index in [1.165, 1.54) is 6.07 Å². The van der Waals surface area contributed by atoms with Crippen LogP contribution in [0.1, 0.15) is 29.2 Å². The Hall–Kier alpha value is -2.57. The van der Waals surface area contributed by atoms with Crippen molar-refractivity contribution >= 4 is 6.09 Å². The monoisotopic (exact) mass is 345 g/mol. The van der Waals surface area contributed by atoms with Gasteiger partial charge >= 0.3 is 6.09 Å². The number of benzene rings is 2. The zero-order chi connectivity index (χ0) is 18.2. The quantitative estimate of drug-likeness (QED) is 0.618. The highest BCUT2D eigenvalue weighted by Gasteiger charge is 2.19. The SMILES string of the molecule is Cc1cc(C(O)C(O)CCNC(=O)OCc2ccccc2)ccc1O. The predicted molar refractivity (Wildman–Crippen MR) is 93.1 cm³/mol. The van der Waals surface area contributed by atoms with E-state index >= 15 is 0 Å². The highest BCUT2D eigenvalue weighted by molar-refractivity contribution is 5.67. The molecule has 0 heterocycles. The van der Waals surface area contributed by atoms with Crippen molar-refractivity contribution in [2.24, 2.45) is 0 Å². The summed E-state index contributed by atoms with van der Waals surface area (Å²) in [6, 6.07) is 14.0. The molecule has 6 heteroatoms. The Labute approximate surface area is 146 Å². The molecule has 2 aromatic carbocycles. The van der Waals surface area contributed by atoms with Gasteiger partial charge in [0, 0.05) is 6.54 Å². The third-order valence-corrected chi connectivity index (χ3v) is 3.85. The molecule has 2 rings (SSSR count). The topological polar surface area (TPSA) is 99.0 Å². The van der Waals surface area contributed by atoms with Crippen molar-refractivity contribution in [3.8, 4) is 5.75 Å². The lowest BCUT2D eigenvalue weighted by Crippen LogP contribution is -2.29. The molecule has 2 aromatic rings. The van der Waals surface area contributed by atoms with Crippen LogP contribution in [0.4, 0.5) is 4.79 Å². The number of carbonyl (C=O) groups excluding carboxylic acids is 1. The molecule has 0 radical (unpaired) electrons. The number of phenols is 1. The first kappa shape index (κ1) is 18.8. The summed E-state index contributed by atoms with van der Waals surface area (Å²) in [6.07, 6.45) is -2.55. The van der Waals surface area contributed by atoms with Crippen molar-refractivity contribution in [1.82, 2.24) is 5.32 Å². The number of carbonyl (C=O) groups is 1. The van der Waals surface area contributed by atoms with Crippen molar-refractivity contribution in [2.45, 2.75) is 32.2 Å². The summed E-state index contributed by atoms with van der Waals surface area (Å²) in [5.74, 6) is 0.133. The van der Waals surface area contributed by atoms with Gasteiger partial charge in [0.1, 0.15) is 18.5 Å². The third-order valence-electron chi connectivity index (χ3n) is 3.85. The smallest absolute Gasteiger partial charge is 0.407 e. The number of ether oxygens (including phenoxy) is 1. The summed E-state index contributed by atoms with van der Waals surface area (Å²) in [5.41, 5.74) is 2.01. The second-order valence-electron chi connectivity index (χ2n) is 5.84. The number of aromatic hydroxyl groups is 1.